The van der Waals surface area contributed by atoms with Gasteiger partial charge in [0.05, 0.1) is 0 Å². The summed E-state index contributed by atoms with van der Waals surface area (Å²) in [5, 5.41) is 13.8. The quantitative estimate of drug-likeness (QED) is 0.658. The summed E-state index contributed by atoms with van der Waals surface area (Å²) in [4.78, 5) is 0. The Kier molecular flexibility index (Phi) is 4.87. The summed E-state index contributed by atoms with van der Waals surface area (Å²) in [6, 6.07) is 8.25. The van der Waals surface area contributed by atoms with Gasteiger partial charge in [0.2, 0.25) is 0 Å². The first kappa shape index (κ1) is 12.9. The molecule has 0 bridgehead atoms. The van der Waals surface area contributed by atoms with Gasteiger partial charge in [0.15, 0.2) is 0 Å². The highest BCUT2D eigenvalue weighted by Crippen LogP contribution is 2.27. The van der Waals surface area contributed by atoms with Crippen LogP contribution in [0.25, 0.3) is 10.6 Å². The smallest absolute Gasteiger partial charge is 0.148 e. The summed E-state index contributed by atoms with van der Waals surface area (Å²) >= 11 is 3.99. The van der Waals surface area contributed by atoms with Crippen LogP contribution in [0.1, 0.15) is 18.4 Å². The molecule has 1 aromatic heterocycles. The van der Waals surface area contributed by atoms with E-state index >= 15 is 0 Å². The van der Waals surface area contributed by atoms with Gasteiger partial charge >= 0.3 is 0 Å². The van der Waals surface area contributed by atoms with E-state index in [1.165, 1.54) is 9.13 Å². The maximum absolute atomic E-state index is 4.25. The minimum Gasteiger partial charge on any atom is -0.310 e. The average Bonchev–Trinajstić information content (AvgIpc) is 2.79. The molecule has 1 N–H and O–H groups in total. The van der Waals surface area contributed by atoms with Gasteiger partial charge < -0.3 is 5.32 Å². The van der Waals surface area contributed by atoms with Crippen molar-refractivity contribution >= 4 is 33.9 Å². The first-order valence-corrected chi connectivity index (χ1v) is 7.48. The molecule has 0 unspecified atom stereocenters. The molecule has 5 heteroatoms. The average molecular weight is 359 g/mol. The molecule has 0 saturated heterocycles. The van der Waals surface area contributed by atoms with E-state index in [2.05, 4.69) is 57.2 Å². The molecule has 0 radical (unpaired) electrons. The molecule has 0 aliphatic rings. The van der Waals surface area contributed by atoms with Gasteiger partial charge in [-0.2, -0.15) is 0 Å². The van der Waals surface area contributed by atoms with Crippen molar-refractivity contribution in [2.24, 2.45) is 0 Å². The predicted octanol–water partition coefficient (Wildman–Crippen LogP) is 3.31. The van der Waals surface area contributed by atoms with Crippen molar-refractivity contribution in [1.82, 2.24) is 15.5 Å². The molecule has 0 aliphatic carbocycles. The summed E-state index contributed by atoms with van der Waals surface area (Å²) in [6.45, 7) is 4.00. The monoisotopic (exact) mass is 359 g/mol. The fourth-order valence-electron chi connectivity index (χ4n) is 1.44. The summed E-state index contributed by atoms with van der Waals surface area (Å²) in [6.07, 6.45) is 1.14. The normalized spacial score (nSPS) is 10.7. The Labute approximate surface area is 119 Å². The molecule has 0 saturated carbocycles. The second-order valence-corrected chi connectivity index (χ2v) is 5.88. The zero-order valence-corrected chi connectivity index (χ0v) is 12.6. The maximum Gasteiger partial charge on any atom is 0.148 e. The lowest BCUT2D eigenvalue weighted by molar-refractivity contribution is 0.668. The molecule has 0 atom stereocenters. The summed E-state index contributed by atoms with van der Waals surface area (Å²) in [5.41, 5.74) is 1.17. The van der Waals surface area contributed by atoms with Crippen molar-refractivity contribution in [3.05, 3.63) is 32.8 Å². The van der Waals surface area contributed by atoms with Gasteiger partial charge in [-0.25, -0.2) is 0 Å². The Morgan fingerprint density at radius 3 is 2.88 bits per heavy atom. The van der Waals surface area contributed by atoms with Crippen molar-refractivity contribution in [3.63, 3.8) is 0 Å². The molecular formula is C12H14IN3S. The number of hydrogen-bond donors (Lipinski definition) is 1. The molecule has 0 spiro atoms. The minimum atomic E-state index is 0.814. The maximum atomic E-state index is 4.25. The standard InChI is InChI=1S/C12H14IN3S/c1-2-7-14-8-11-15-16-12(17-11)9-5-3-4-6-10(9)13/h3-6,14H,2,7-8H2,1H3. The van der Waals surface area contributed by atoms with Crippen LogP contribution >= 0.6 is 33.9 Å². The van der Waals surface area contributed by atoms with Gasteiger partial charge in [0.25, 0.3) is 0 Å². The van der Waals surface area contributed by atoms with Crippen molar-refractivity contribution in [3.8, 4) is 10.6 Å². The van der Waals surface area contributed by atoms with E-state index in [0.29, 0.717) is 0 Å². The van der Waals surface area contributed by atoms with Crippen LogP contribution in [0.5, 0.6) is 0 Å². The highest BCUT2D eigenvalue weighted by atomic mass is 127. The van der Waals surface area contributed by atoms with E-state index in [9.17, 15) is 0 Å². The summed E-state index contributed by atoms with van der Waals surface area (Å²) in [7, 11) is 0. The van der Waals surface area contributed by atoms with Crippen LogP contribution in [0.15, 0.2) is 24.3 Å². The Morgan fingerprint density at radius 1 is 1.29 bits per heavy atom. The van der Waals surface area contributed by atoms with E-state index in [0.717, 1.165) is 29.5 Å². The Bertz CT molecular complexity index is 484. The highest BCUT2D eigenvalue weighted by Gasteiger charge is 2.08. The molecule has 90 valence electrons. The number of nitrogens with one attached hydrogen (secondary N) is 1. The van der Waals surface area contributed by atoms with Gasteiger partial charge in [-0.3, -0.25) is 0 Å². The van der Waals surface area contributed by atoms with Gasteiger partial charge in [0.1, 0.15) is 10.0 Å². The largest absolute Gasteiger partial charge is 0.310 e. The molecule has 0 aliphatic heterocycles. The summed E-state index contributed by atoms with van der Waals surface area (Å²) in [5.74, 6) is 0. The first-order chi connectivity index (χ1) is 8.31. The van der Waals surface area contributed by atoms with Crippen molar-refractivity contribution in [2.45, 2.75) is 19.9 Å². The summed E-state index contributed by atoms with van der Waals surface area (Å²) < 4.78 is 1.22. The zero-order chi connectivity index (χ0) is 12.1. The minimum absolute atomic E-state index is 0.814. The molecule has 2 rings (SSSR count). The van der Waals surface area contributed by atoms with E-state index in [-0.39, 0.29) is 0 Å². The number of hydrogen-bond acceptors (Lipinski definition) is 4. The fraction of sp³-hybridized carbons (Fsp3) is 0.333. The van der Waals surface area contributed by atoms with E-state index < -0.39 is 0 Å². The number of benzene rings is 1. The fourth-order valence-corrected chi connectivity index (χ4v) is 3.12. The molecule has 3 nitrogen and oxygen atoms in total. The van der Waals surface area contributed by atoms with Crippen LogP contribution < -0.4 is 5.32 Å². The van der Waals surface area contributed by atoms with Crippen LogP contribution in [-0.4, -0.2) is 16.7 Å². The molecular weight excluding hydrogens is 345 g/mol. The van der Waals surface area contributed by atoms with E-state index in [1.807, 2.05) is 12.1 Å². The molecule has 1 heterocycles. The SMILES string of the molecule is CCCNCc1nnc(-c2ccccc2I)s1. The lowest BCUT2D eigenvalue weighted by Gasteiger charge is -1.98. The molecule has 17 heavy (non-hydrogen) atoms. The Hall–Kier alpha value is -0.530. The lowest BCUT2D eigenvalue weighted by atomic mass is 10.2. The van der Waals surface area contributed by atoms with Crippen molar-refractivity contribution in [1.29, 1.82) is 0 Å². The van der Waals surface area contributed by atoms with Gasteiger partial charge in [-0.05, 0) is 41.6 Å². The number of aromatic nitrogens is 2. The third kappa shape index (κ3) is 3.46. The van der Waals surface area contributed by atoms with E-state index in [4.69, 9.17) is 0 Å². The van der Waals surface area contributed by atoms with Crippen LogP contribution in [-0.2, 0) is 6.54 Å². The first-order valence-electron chi connectivity index (χ1n) is 5.59. The van der Waals surface area contributed by atoms with Gasteiger partial charge in [-0.1, -0.05) is 36.5 Å². The highest BCUT2D eigenvalue weighted by molar-refractivity contribution is 14.1. The van der Waals surface area contributed by atoms with Crippen LogP contribution in [0.3, 0.4) is 0 Å². The number of rotatable bonds is 5. The van der Waals surface area contributed by atoms with Crippen LogP contribution in [0, 0.1) is 3.57 Å². The second-order valence-electron chi connectivity index (χ2n) is 3.66. The number of nitrogens with zero attached hydrogens (tertiary/aromatic N) is 2. The van der Waals surface area contributed by atoms with Crippen LogP contribution in [0.4, 0.5) is 0 Å². The van der Waals surface area contributed by atoms with Gasteiger partial charge in [0, 0.05) is 15.7 Å². The van der Waals surface area contributed by atoms with Crippen LogP contribution in [0.2, 0.25) is 0 Å². The molecule has 1 aromatic carbocycles. The topological polar surface area (TPSA) is 37.8 Å². The predicted molar refractivity (Wildman–Crippen MR) is 80.1 cm³/mol. The molecule has 2 aromatic rings. The Balaban J connectivity index is 2.10. The van der Waals surface area contributed by atoms with E-state index in [1.54, 1.807) is 11.3 Å². The number of halogens is 1. The zero-order valence-electron chi connectivity index (χ0n) is 9.61. The Morgan fingerprint density at radius 2 is 2.12 bits per heavy atom. The second kappa shape index (κ2) is 6.42. The van der Waals surface area contributed by atoms with Crippen molar-refractivity contribution in [2.75, 3.05) is 6.54 Å². The third-order valence-electron chi connectivity index (χ3n) is 2.27. The molecule has 0 fully saturated rings. The van der Waals surface area contributed by atoms with Crippen molar-refractivity contribution < 1.29 is 0 Å². The molecule has 0 amide bonds. The van der Waals surface area contributed by atoms with Gasteiger partial charge in [-0.15, -0.1) is 10.2 Å². The third-order valence-corrected chi connectivity index (χ3v) is 4.17. The lowest BCUT2D eigenvalue weighted by Crippen LogP contribution is -2.13.